The zero-order valence-electron chi connectivity index (χ0n) is 15.7. The summed E-state index contributed by atoms with van der Waals surface area (Å²) in [6.07, 6.45) is 3.11. The lowest BCUT2D eigenvalue weighted by Gasteiger charge is -2.43. The van der Waals surface area contributed by atoms with Crippen LogP contribution in [0.4, 0.5) is 4.79 Å². The fraction of sp³-hybridized carbons (Fsp3) is 0.812. The van der Waals surface area contributed by atoms with E-state index in [0.29, 0.717) is 18.8 Å². The van der Waals surface area contributed by atoms with Gasteiger partial charge in [0.25, 0.3) is 5.91 Å². The Hall–Kier alpha value is -1.68. The molecule has 0 unspecified atom stereocenters. The number of imide groups is 1. The number of hydrogen-bond donors (Lipinski definition) is 3. The van der Waals surface area contributed by atoms with Crippen molar-refractivity contribution in [2.45, 2.75) is 45.6 Å². The number of nitrogens with one attached hydrogen (secondary N) is 3. The van der Waals surface area contributed by atoms with E-state index < -0.39 is 27.5 Å². The Morgan fingerprint density at radius 2 is 1.92 bits per heavy atom. The second-order valence-electron chi connectivity index (χ2n) is 8.27. The summed E-state index contributed by atoms with van der Waals surface area (Å²) in [5.41, 5.74) is -1.01. The highest BCUT2D eigenvalue weighted by Gasteiger charge is 2.56. The summed E-state index contributed by atoms with van der Waals surface area (Å²) in [5.74, 6) is -0.575. The molecule has 3 N–H and O–H groups in total. The summed E-state index contributed by atoms with van der Waals surface area (Å²) in [5, 5.41) is 5.31. The fourth-order valence-corrected chi connectivity index (χ4v) is 4.76. The van der Waals surface area contributed by atoms with Crippen molar-refractivity contribution in [2.24, 2.45) is 11.3 Å². The van der Waals surface area contributed by atoms with Crippen molar-refractivity contribution in [3.63, 3.8) is 0 Å². The quantitative estimate of drug-likeness (QED) is 0.429. The Morgan fingerprint density at radius 3 is 2.50 bits per heavy atom. The minimum atomic E-state index is -3.33. The van der Waals surface area contributed by atoms with E-state index in [-0.39, 0.29) is 31.0 Å². The van der Waals surface area contributed by atoms with Crippen LogP contribution in [0.3, 0.4) is 0 Å². The molecule has 1 saturated carbocycles. The molecule has 2 aliphatic rings. The van der Waals surface area contributed by atoms with E-state index >= 15 is 0 Å². The monoisotopic (exact) mass is 388 g/mol. The standard InChI is InChI=1S/C16H28N4O5S/c1-11-7-15(2,3)10-16(8-11)13(22)20(14(23)19-16)9-12(21)17-5-6-18-26(4,24)25/h11,18H,5-10H2,1-4H3,(H,17,21)(H,19,23)/t11-,16-/m1/s1. The van der Waals surface area contributed by atoms with Crippen molar-refractivity contribution in [3.05, 3.63) is 0 Å². The molecule has 0 radical (unpaired) electrons. The molecule has 148 valence electrons. The molecule has 0 aromatic carbocycles. The largest absolute Gasteiger partial charge is 0.353 e. The predicted octanol–water partition coefficient (Wildman–Crippen LogP) is -0.211. The van der Waals surface area contributed by atoms with Gasteiger partial charge in [-0.25, -0.2) is 17.9 Å². The SMILES string of the molecule is C[C@@H]1CC(C)(C)C[C@@]2(C1)NC(=O)N(CC(=O)NCCNS(C)(=O)=O)C2=O. The third-order valence-corrected chi connectivity index (χ3v) is 5.47. The molecule has 0 aromatic heterocycles. The van der Waals surface area contributed by atoms with Crippen LogP contribution < -0.4 is 15.4 Å². The van der Waals surface area contributed by atoms with Crippen LogP contribution in [0.25, 0.3) is 0 Å². The van der Waals surface area contributed by atoms with Crippen LogP contribution in [0.5, 0.6) is 0 Å². The molecule has 2 fully saturated rings. The van der Waals surface area contributed by atoms with Gasteiger partial charge in [0, 0.05) is 13.1 Å². The Bertz CT molecular complexity index is 705. The number of hydrogen-bond acceptors (Lipinski definition) is 5. The summed E-state index contributed by atoms with van der Waals surface area (Å²) >= 11 is 0. The van der Waals surface area contributed by atoms with Gasteiger partial charge in [-0.15, -0.1) is 0 Å². The maximum absolute atomic E-state index is 12.9. The van der Waals surface area contributed by atoms with Crippen molar-refractivity contribution in [1.29, 1.82) is 0 Å². The van der Waals surface area contributed by atoms with Crippen LogP contribution in [0.1, 0.15) is 40.0 Å². The van der Waals surface area contributed by atoms with Gasteiger partial charge in [-0.3, -0.25) is 14.5 Å². The van der Waals surface area contributed by atoms with Crippen LogP contribution in [-0.4, -0.2) is 62.6 Å². The van der Waals surface area contributed by atoms with Gasteiger partial charge in [-0.2, -0.15) is 0 Å². The van der Waals surface area contributed by atoms with Gasteiger partial charge in [-0.1, -0.05) is 20.8 Å². The molecular formula is C16H28N4O5S. The van der Waals surface area contributed by atoms with Gasteiger partial charge in [0.2, 0.25) is 15.9 Å². The first-order valence-corrected chi connectivity index (χ1v) is 10.6. The molecule has 10 heteroatoms. The van der Waals surface area contributed by atoms with E-state index in [1.165, 1.54) is 0 Å². The highest BCUT2D eigenvalue weighted by Crippen LogP contribution is 2.46. The van der Waals surface area contributed by atoms with Gasteiger partial charge in [0.05, 0.1) is 6.26 Å². The van der Waals surface area contributed by atoms with E-state index in [0.717, 1.165) is 17.6 Å². The molecule has 0 aromatic rings. The molecule has 4 amide bonds. The van der Waals surface area contributed by atoms with Crippen LogP contribution >= 0.6 is 0 Å². The number of carbonyl (C=O) groups excluding carboxylic acids is 3. The van der Waals surface area contributed by atoms with Gasteiger partial charge in [-0.05, 0) is 30.6 Å². The maximum Gasteiger partial charge on any atom is 0.325 e. The summed E-state index contributed by atoms with van der Waals surface area (Å²) in [7, 11) is -3.33. The molecular weight excluding hydrogens is 360 g/mol. The summed E-state index contributed by atoms with van der Waals surface area (Å²) in [6.45, 7) is 5.96. The average Bonchev–Trinajstić information content (AvgIpc) is 2.64. The third-order valence-electron chi connectivity index (χ3n) is 4.74. The van der Waals surface area contributed by atoms with E-state index in [4.69, 9.17) is 0 Å². The number of sulfonamides is 1. The lowest BCUT2D eigenvalue weighted by atomic mass is 9.64. The topological polar surface area (TPSA) is 125 Å². The molecule has 26 heavy (non-hydrogen) atoms. The summed E-state index contributed by atoms with van der Waals surface area (Å²) in [4.78, 5) is 38.2. The summed E-state index contributed by atoms with van der Waals surface area (Å²) in [6, 6.07) is -0.552. The smallest absolute Gasteiger partial charge is 0.325 e. The molecule has 1 heterocycles. The first-order chi connectivity index (χ1) is 11.8. The number of carbonyl (C=O) groups is 3. The van der Waals surface area contributed by atoms with Crippen molar-refractivity contribution in [1.82, 2.24) is 20.3 Å². The Labute approximate surface area is 154 Å². The zero-order valence-corrected chi connectivity index (χ0v) is 16.5. The highest BCUT2D eigenvalue weighted by atomic mass is 32.2. The third kappa shape index (κ3) is 4.94. The normalized spacial score (nSPS) is 28.3. The number of urea groups is 1. The van der Waals surface area contributed by atoms with Crippen LogP contribution in [0, 0.1) is 11.3 Å². The van der Waals surface area contributed by atoms with Crippen molar-refractivity contribution in [2.75, 3.05) is 25.9 Å². The second kappa shape index (κ2) is 7.15. The lowest BCUT2D eigenvalue weighted by molar-refractivity contribution is -0.137. The highest BCUT2D eigenvalue weighted by molar-refractivity contribution is 7.88. The average molecular weight is 388 g/mol. The van der Waals surface area contributed by atoms with E-state index in [9.17, 15) is 22.8 Å². The fourth-order valence-electron chi connectivity index (χ4n) is 4.29. The Morgan fingerprint density at radius 1 is 1.27 bits per heavy atom. The second-order valence-corrected chi connectivity index (χ2v) is 10.1. The molecule has 2 rings (SSSR count). The number of rotatable bonds is 6. The Kier molecular flexibility index (Phi) is 5.67. The van der Waals surface area contributed by atoms with E-state index in [2.05, 4.69) is 36.1 Å². The minimum absolute atomic E-state index is 0.0420. The molecule has 0 bridgehead atoms. The van der Waals surface area contributed by atoms with Crippen LogP contribution in [0.15, 0.2) is 0 Å². The van der Waals surface area contributed by atoms with Crippen molar-refractivity contribution >= 4 is 27.9 Å². The van der Waals surface area contributed by atoms with Crippen LogP contribution in [-0.2, 0) is 19.6 Å². The first-order valence-electron chi connectivity index (χ1n) is 8.69. The van der Waals surface area contributed by atoms with Crippen molar-refractivity contribution in [3.8, 4) is 0 Å². The predicted molar refractivity (Wildman–Crippen MR) is 95.6 cm³/mol. The molecule has 1 spiro atoms. The number of amides is 4. The molecule has 1 saturated heterocycles. The molecule has 1 aliphatic carbocycles. The summed E-state index contributed by atoms with van der Waals surface area (Å²) < 4.78 is 24.2. The zero-order chi connectivity index (χ0) is 19.8. The van der Waals surface area contributed by atoms with E-state index in [1.54, 1.807) is 0 Å². The lowest BCUT2D eigenvalue weighted by Crippen LogP contribution is -2.54. The minimum Gasteiger partial charge on any atom is -0.353 e. The maximum atomic E-state index is 12.9. The van der Waals surface area contributed by atoms with Gasteiger partial charge >= 0.3 is 6.03 Å². The van der Waals surface area contributed by atoms with Gasteiger partial charge in [0.1, 0.15) is 12.1 Å². The first kappa shape index (κ1) is 20.6. The molecule has 2 atom stereocenters. The molecule has 9 nitrogen and oxygen atoms in total. The Balaban J connectivity index is 1.95. The molecule has 1 aliphatic heterocycles. The van der Waals surface area contributed by atoms with Crippen molar-refractivity contribution < 1.29 is 22.8 Å². The number of nitrogens with zero attached hydrogens (tertiary/aromatic N) is 1. The van der Waals surface area contributed by atoms with Gasteiger partial charge < -0.3 is 10.6 Å². The van der Waals surface area contributed by atoms with E-state index in [1.807, 2.05) is 0 Å². The van der Waals surface area contributed by atoms with Crippen LogP contribution in [0.2, 0.25) is 0 Å². The van der Waals surface area contributed by atoms with Gasteiger partial charge in [0.15, 0.2) is 0 Å².